The number of halogens is 3. The average Bonchev–Trinajstić information content (AvgIpc) is 2.97. The van der Waals surface area contributed by atoms with Crippen molar-refractivity contribution in [2.75, 3.05) is 0 Å². The molecule has 2 aromatic carbocycles. The molecular formula is C20H13Cl2FN4O. The van der Waals surface area contributed by atoms with Gasteiger partial charge in [0.2, 0.25) is 11.8 Å². The molecule has 0 saturated heterocycles. The quantitative estimate of drug-likeness (QED) is 0.650. The number of benzene rings is 2. The smallest absolute Gasteiger partial charge is 0.229 e. The van der Waals surface area contributed by atoms with Crippen LogP contribution in [0.5, 0.6) is 5.88 Å². The summed E-state index contributed by atoms with van der Waals surface area (Å²) in [6.45, 7) is 1.75. The predicted molar refractivity (Wildman–Crippen MR) is 104 cm³/mol. The lowest BCUT2D eigenvalue weighted by Gasteiger charge is -2.25. The molecule has 1 aromatic heterocycles. The van der Waals surface area contributed by atoms with Gasteiger partial charge in [0.15, 0.2) is 0 Å². The van der Waals surface area contributed by atoms with E-state index in [9.17, 15) is 9.65 Å². The van der Waals surface area contributed by atoms with Gasteiger partial charge in [-0.25, -0.2) is 9.07 Å². The first-order chi connectivity index (χ1) is 13.4. The largest absolute Gasteiger partial charge is 0.422 e. The van der Waals surface area contributed by atoms with Crippen molar-refractivity contribution in [3.05, 3.63) is 86.6 Å². The lowest BCUT2D eigenvalue weighted by atomic mass is 9.84. The molecule has 1 atom stereocenters. The normalized spacial score (nSPS) is 15.8. The molecule has 0 bridgehead atoms. The standard InChI is InChI=1S/C20H13Cl2FN4O/c1-10-16-17(18-14(22)6-3-7-15(18)23)13(9-24)19(25)28-20(16)27(26-10)12-5-2-4-11(21)8-12/h2-8,17H,25H2,1H3/t17-/m0/s1. The van der Waals surface area contributed by atoms with Crippen molar-refractivity contribution in [3.8, 4) is 17.6 Å². The maximum atomic E-state index is 14.7. The number of hydrogen-bond donors (Lipinski definition) is 1. The van der Waals surface area contributed by atoms with E-state index >= 15 is 0 Å². The summed E-state index contributed by atoms with van der Waals surface area (Å²) in [5.74, 6) is -1.21. The van der Waals surface area contributed by atoms with Gasteiger partial charge in [0.1, 0.15) is 17.5 Å². The van der Waals surface area contributed by atoms with Gasteiger partial charge < -0.3 is 10.5 Å². The molecule has 0 radical (unpaired) electrons. The number of fused-ring (bicyclic) bond motifs is 1. The van der Waals surface area contributed by atoms with E-state index in [1.165, 1.54) is 16.8 Å². The van der Waals surface area contributed by atoms with Crippen LogP contribution in [0.1, 0.15) is 22.7 Å². The number of nitrogens with zero attached hydrogens (tertiary/aromatic N) is 3. The van der Waals surface area contributed by atoms with E-state index < -0.39 is 11.7 Å². The van der Waals surface area contributed by atoms with Gasteiger partial charge in [0.05, 0.1) is 22.9 Å². The molecule has 28 heavy (non-hydrogen) atoms. The molecule has 140 valence electrons. The second kappa shape index (κ2) is 6.86. The number of ether oxygens (including phenoxy) is 1. The summed E-state index contributed by atoms with van der Waals surface area (Å²) in [6.07, 6.45) is 0. The molecule has 2 N–H and O–H groups in total. The van der Waals surface area contributed by atoms with Crippen LogP contribution in [0.3, 0.4) is 0 Å². The highest BCUT2D eigenvalue weighted by Gasteiger charge is 2.38. The molecule has 3 aromatic rings. The van der Waals surface area contributed by atoms with E-state index in [1.54, 1.807) is 37.3 Å². The molecule has 0 amide bonds. The fraction of sp³-hybridized carbons (Fsp3) is 0.100. The second-order valence-corrected chi connectivity index (χ2v) is 7.10. The zero-order chi connectivity index (χ0) is 20.0. The first-order valence-electron chi connectivity index (χ1n) is 8.29. The van der Waals surface area contributed by atoms with E-state index in [-0.39, 0.29) is 22.0 Å². The van der Waals surface area contributed by atoms with Crippen molar-refractivity contribution in [2.24, 2.45) is 5.73 Å². The first-order valence-corrected chi connectivity index (χ1v) is 9.05. The highest BCUT2D eigenvalue weighted by atomic mass is 35.5. The molecule has 0 fully saturated rings. The summed E-state index contributed by atoms with van der Waals surface area (Å²) in [6, 6.07) is 13.4. The third-order valence-electron chi connectivity index (χ3n) is 4.57. The number of hydrogen-bond acceptors (Lipinski definition) is 4. The van der Waals surface area contributed by atoms with Gasteiger partial charge in [0.25, 0.3) is 0 Å². The summed E-state index contributed by atoms with van der Waals surface area (Å²) in [4.78, 5) is 0. The molecule has 8 heteroatoms. The maximum Gasteiger partial charge on any atom is 0.229 e. The van der Waals surface area contributed by atoms with Crippen LogP contribution in [0, 0.1) is 24.1 Å². The van der Waals surface area contributed by atoms with Crippen LogP contribution in [0.4, 0.5) is 4.39 Å². The Labute approximate surface area is 170 Å². The van der Waals surface area contributed by atoms with Crippen molar-refractivity contribution in [2.45, 2.75) is 12.8 Å². The Morgan fingerprint density at radius 2 is 1.96 bits per heavy atom. The van der Waals surface area contributed by atoms with Gasteiger partial charge in [-0.15, -0.1) is 0 Å². The zero-order valence-corrected chi connectivity index (χ0v) is 16.1. The molecule has 0 unspecified atom stereocenters. The molecule has 5 nitrogen and oxygen atoms in total. The number of nitrogens with two attached hydrogens (primary N) is 1. The lowest BCUT2D eigenvalue weighted by molar-refractivity contribution is 0.366. The number of rotatable bonds is 2. The van der Waals surface area contributed by atoms with Crippen LogP contribution in [-0.2, 0) is 0 Å². The van der Waals surface area contributed by atoms with E-state index in [0.29, 0.717) is 27.8 Å². The van der Waals surface area contributed by atoms with Crippen molar-refractivity contribution in [3.63, 3.8) is 0 Å². The third kappa shape index (κ3) is 2.80. The van der Waals surface area contributed by atoms with Crippen molar-refractivity contribution in [1.29, 1.82) is 5.26 Å². The van der Waals surface area contributed by atoms with Gasteiger partial charge >= 0.3 is 0 Å². The molecule has 0 aliphatic carbocycles. The lowest BCUT2D eigenvalue weighted by Crippen LogP contribution is -2.22. The van der Waals surface area contributed by atoms with E-state index in [0.717, 1.165) is 0 Å². The Bertz CT molecular complexity index is 1160. The topological polar surface area (TPSA) is 76.9 Å². The van der Waals surface area contributed by atoms with Crippen LogP contribution in [0.25, 0.3) is 5.69 Å². The first kappa shape index (κ1) is 18.4. The average molecular weight is 415 g/mol. The molecule has 2 heterocycles. The van der Waals surface area contributed by atoms with E-state index in [2.05, 4.69) is 5.10 Å². The van der Waals surface area contributed by atoms with Gasteiger partial charge in [-0.3, -0.25) is 0 Å². The van der Waals surface area contributed by atoms with E-state index in [1.807, 2.05) is 6.07 Å². The Morgan fingerprint density at radius 1 is 1.21 bits per heavy atom. The van der Waals surface area contributed by atoms with Gasteiger partial charge in [-0.1, -0.05) is 35.3 Å². The molecule has 0 spiro atoms. The van der Waals surface area contributed by atoms with E-state index in [4.69, 9.17) is 33.7 Å². The summed E-state index contributed by atoms with van der Waals surface area (Å²) < 4.78 is 22.0. The summed E-state index contributed by atoms with van der Waals surface area (Å²) >= 11 is 12.4. The summed E-state index contributed by atoms with van der Waals surface area (Å²) in [5, 5.41) is 14.9. The molecular weight excluding hydrogens is 402 g/mol. The molecule has 0 saturated carbocycles. The SMILES string of the molecule is Cc1nn(-c2cccc(Cl)c2)c2c1[C@@H](c1c(F)cccc1Cl)C(C#N)=C(N)O2. The van der Waals surface area contributed by atoms with Crippen molar-refractivity contribution in [1.82, 2.24) is 9.78 Å². The number of aryl methyl sites for hydroxylation is 1. The van der Waals surface area contributed by atoms with Gasteiger partial charge in [-0.2, -0.15) is 10.4 Å². The summed E-state index contributed by atoms with van der Waals surface area (Å²) in [5.41, 5.74) is 7.98. The summed E-state index contributed by atoms with van der Waals surface area (Å²) in [7, 11) is 0. The zero-order valence-electron chi connectivity index (χ0n) is 14.6. The number of aromatic nitrogens is 2. The number of nitriles is 1. The Kier molecular flexibility index (Phi) is 4.50. The highest BCUT2D eigenvalue weighted by molar-refractivity contribution is 6.31. The maximum absolute atomic E-state index is 14.7. The van der Waals surface area contributed by atoms with Gasteiger partial charge in [0, 0.05) is 15.6 Å². The monoisotopic (exact) mass is 414 g/mol. The van der Waals surface area contributed by atoms with Crippen LogP contribution in [0.2, 0.25) is 10.0 Å². The van der Waals surface area contributed by atoms with Crippen molar-refractivity contribution < 1.29 is 9.13 Å². The number of allylic oxidation sites excluding steroid dienone is 1. The minimum Gasteiger partial charge on any atom is -0.422 e. The van der Waals surface area contributed by atoms with Crippen LogP contribution >= 0.6 is 23.2 Å². The Hall–Kier alpha value is -3.01. The molecule has 4 rings (SSSR count). The van der Waals surface area contributed by atoms with Crippen molar-refractivity contribution >= 4 is 23.2 Å². The highest BCUT2D eigenvalue weighted by Crippen LogP contribution is 2.47. The van der Waals surface area contributed by atoms with Gasteiger partial charge in [-0.05, 0) is 37.3 Å². The minimum atomic E-state index is -0.838. The van der Waals surface area contributed by atoms with Crippen LogP contribution < -0.4 is 10.5 Å². The molecule has 1 aliphatic rings. The predicted octanol–water partition coefficient (Wildman–Crippen LogP) is 4.84. The fourth-order valence-corrected chi connectivity index (χ4v) is 3.83. The Morgan fingerprint density at radius 3 is 2.64 bits per heavy atom. The minimum absolute atomic E-state index is 0.0771. The third-order valence-corrected chi connectivity index (χ3v) is 5.14. The molecule has 1 aliphatic heterocycles. The Balaban J connectivity index is 2.02. The second-order valence-electron chi connectivity index (χ2n) is 6.26. The van der Waals surface area contributed by atoms with Crippen LogP contribution in [0.15, 0.2) is 53.9 Å². The fourth-order valence-electron chi connectivity index (χ4n) is 3.37. The van der Waals surface area contributed by atoms with Crippen LogP contribution in [-0.4, -0.2) is 9.78 Å².